The molecule has 3 rings (SSSR count). The Balaban J connectivity index is 2.40. The maximum absolute atomic E-state index is 12.9. The number of amides is 1. The smallest absolute Gasteiger partial charge is 0.270 e. The fraction of sp³-hybridized carbons (Fsp3) is 0.500. The fourth-order valence-corrected chi connectivity index (χ4v) is 3.66. The van der Waals surface area contributed by atoms with E-state index >= 15 is 0 Å². The van der Waals surface area contributed by atoms with Crippen LogP contribution in [0.25, 0.3) is 10.9 Å². The highest BCUT2D eigenvalue weighted by Gasteiger charge is 2.27. The van der Waals surface area contributed by atoms with Crippen molar-refractivity contribution in [3.8, 4) is 0 Å². The largest absolute Gasteiger partial charge is 0.395 e. The molecule has 1 aliphatic heterocycles. The molecule has 118 valence electrons. The first kappa shape index (κ1) is 15.1. The lowest BCUT2D eigenvalue weighted by atomic mass is 9.98. The molecule has 4 nitrogen and oxygen atoms in total. The van der Waals surface area contributed by atoms with Gasteiger partial charge in [0.25, 0.3) is 5.91 Å². The highest BCUT2D eigenvalue weighted by Crippen LogP contribution is 2.34. The lowest BCUT2D eigenvalue weighted by Gasteiger charge is -2.22. The number of fused-ring (bicyclic) bond motifs is 3. The molecule has 1 aliphatic rings. The summed E-state index contributed by atoms with van der Waals surface area (Å²) in [6.45, 7) is 5.50. The van der Waals surface area contributed by atoms with E-state index in [1.165, 1.54) is 16.5 Å². The Kier molecular flexibility index (Phi) is 3.96. The van der Waals surface area contributed by atoms with Crippen molar-refractivity contribution in [3.05, 3.63) is 34.5 Å². The molecule has 0 bridgehead atoms. The molecular formula is C18H24N2O2. The van der Waals surface area contributed by atoms with Crippen molar-refractivity contribution < 1.29 is 9.90 Å². The third-order valence-electron chi connectivity index (χ3n) is 4.76. The summed E-state index contributed by atoms with van der Waals surface area (Å²) in [6, 6.07) is 4.24. The van der Waals surface area contributed by atoms with Gasteiger partial charge in [-0.25, -0.2) is 0 Å². The first-order valence-corrected chi connectivity index (χ1v) is 8.04. The molecule has 4 heteroatoms. The van der Waals surface area contributed by atoms with Crippen molar-refractivity contribution in [1.82, 2.24) is 9.47 Å². The van der Waals surface area contributed by atoms with Gasteiger partial charge in [-0.3, -0.25) is 4.79 Å². The second kappa shape index (κ2) is 5.76. The number of rotatable bonds is 2. The van der Waals surface area contributed by atoms with Gasteiger partial charge in [0.15, 0.2) is 0 Å². The van der Waals surface area contributed by atoms with Crippen LogP contribution in [-0.4, -0.2) is 40.7 Å². The third kappa shape index (κ3) is 2.22. The van der Waals surface area contributed by atoms with Gasteiger partial charge < -0.3 is 14.6 Å². The van der Waals surface area contributed by atoms with Gasteiger partial charge in [0.2, 0.25) is 0 Å². The minimum Gasteiger partial charge on any atom is -0.395 e. The summed E-state index contributed by atoms with van der Waals surface area (Å²) < 4.78 is 2.04. The summed E-state index contributed by atoms with van der Waals surface area (Å²) in [5.41, 5.74) is 5.44. The topological polar surface area (TPSA) is 45.5 Å². The fourth-order valence-electron chi connectivity index (χ4n) is 3.66. The first-order valence-electron chi connectivity index (χ1n) is 8.04. The van der Waals surface area contributed by atoms with Crippen molar-refractivity contribution in [2.75, 3.05) is 20.2 Å². The number of hydrogen-bond donors (Lipinski definition) is 1. The van der Waals surface area contributed by atoms with Crippen LogP contribution >= 0.6 is 0 Å². The molecule has 0 saturated heterocycles. The molecule has 1 aromatic carbocycles. The zero-order valence-corrected chi connectivity index (χ0v) is 13.6. The minimum absolute atomic E-state index is 0.0423. The van der Waals surface area contributed by atoms with Gasteiger partial charge in [-0.15, -0.1) is 0 Å². The Morgan fingerprint density at radius 3 is 2.64 bits per heavy atom. The molecule has 0 fully saturated rings. The number of hydrogen-bond acceptors (Lipinski definition) is 2. The van der Waals surface area contributed by atoms with E-state index in [2.05, 4.69) is 26.0 Å². The average molecular weight is 300 g/mol. The van der Waals surface area contributed by atoms with Crippen LogP contribution in [0.2, 0.25) is 0 Å². The Hall–Kier alpha value is -1.81. The van der Waals surface area contributed by atoms with E-state index in [1.54, 1.807) is 0 Å². The molecule has 2 heterocycles. The van der Waals surface area contributed by atoms with E-state index in [0.717, 1.165) is 42.6 Å². The predicted octanol–water partition coefficient (Wildman–Crippen LogP) is 2.66. The molecule has 0 aliphatic carbocycles. The number of carbonyl (C=O) groups excluding carboxylic acids is 1. The Labute approximate surface area is 131 Å². The molecule has 0 spiro atoms. The van der Waals surface area contributed by atoms with Crippen LogP contribution in [0.4, 0.5) is 0 Å². The Bertz CT molecular complexity index is 691. The molecule has 0 radical (unpaired) electrons. The summed E-state index contributed by atoms with van der Waals surface area (Å²) in [7, 11) is 1.87. The van der Waals surface area contributed by atoms with Crippen LogP contribution in [-0.2, 0) is 13.0 Å². The number of benzene rings is 1. The molecule has 1 aromatic heterocycles. The summed E-state index contributed by atoms with van der Waals surface area (Å²) in [5, 5.41) is 10.7. The number of carbonyl (C=O) groups is 1. The number of aromatic nitrogens is 1. The van der Waals surface area contributed by atoms with Crippen molar-refractivity contribution >= 4 is 16.8 Å². The van der Waals surface area contributed by atoms with Crippen LogP contribution in [0.3, 0.4) is 0 Å². The maximum atomic E-state index is 12.9. The van der Waals surface area contributed by atoms with Crippen molar-refractivity contribution in [2.45, 2.75) is 39.7 Å². The highest BCUT2D eigenvalue weighted by molar-refractivity contribution is 6.03. The maximum Gasteiger partial charge on any atom is 0.270 e. The zero-order valence-electron chi connectivity index (χ0n) is 13.6. The van der Waals surface area contributed by atoms with Gasteiger partial charge >= 0.3 is 0 Å². The van der Waals surface area contributed by atoms with Gasteiger partial charge in [-0.1, -0.05) is 12.1 Å². The predicted molar refractivity (Wildman–Crippen MR) is 88.4 cm³/mol. The molecule has 1 amide bonds. The molecule has 1 N–H and O–H groups in total. The van der Waals surface area contributed by atoms with Crippen molar-refractivity contribution in [3.63, 3.8) is 0 Å². The van der Waals surface area contributed by atoms with Gasteiger partial charge in [0, 0.05) is 25.5 Å². The molecule has 22 heavy (non-hydrogen) atoms. The minimum atomic E-state index is 0.0423. The van der Waals surface area contributed by atoms with E-state index < -0.39 is 0 Å². The number of aryl methyl sites for hydroxylation is 3. The highest BCUT2D eigenvalue weighted by atomic mass is 16.3. The van der Waals surface area contributed by atoms with Crippen LogP contribution in [0.5, 0.6) is 0 Å². The average Bonchev–Trinajstić information content (AvgIpc) is 2.81. The van der Waals surface area contributed by atoms with Crippen molar-refractivity contribution in [2.24, 2.45) is 0 Å². The molecule has 0 unspecified atom stereocenters. The Morgan fingerprint density at radius 1 is 1.18 bits per heavy atom. The quantitative estimate of drug-likeness (QED) is 0.927. The number of aliphatic hydroxyl groups is 1. The molecule has 0 saturated carbocycles. The van der Waals surface area contributed by atoms with E-state index in [9.17, 15) is 9.90 Å². The number of aliphatic hydroxyl groups excluding tert-OH is 1. The second-order valence-corrected chi connectivity index (χ2v) is 6.31. The summed E-state index contributed by atoms with van der Waals surface area (Å²) in [6.07, 6.45) is 3.07. The summed E-state index contributed by atoms with van der Waals surface area (Å²) in [5.74, 6) is 0.0816. The monoisotopic (exact) mass is 300 g/mol. The summed E-state index contributed by atoms with van der Waals surface area (Å²) >= 11 is 0. The van der Waals surface area contributed by atoms with Gasteiger partial charge in [-0.05, 0) is 49.8 Å². The molecule has 0 atom stereocenters. The molecule has 2 aromatic rings. The van der Waals surface area contributed by atoms with Gasteiger partial charge in [0.1, 0.15) is 5.69 Å². The molecular weight excluding hydrogens is 276 g/mol. The van der Waals surface area contributed by atoms with Crippen LogP contribution in [0.1, 0.15) is 40.0 Å². The SMILES string of the molecule is Cc1ccc(C)c2c1c1c(n2CCO)C(=O)N(C)CCCC1. The van der Waals surface area contributed by atoms with Gasteiger partial charge in [-0.2, -0.15) is 0 Å². The van der Waals surface area contributed by atoms with E-state index in [-0.39, 0.29) is 12.5 Å². The Morgan fingerprint density at radius 2 is 1.91 bits per heavy atom. The zero-order chi connectivity index (χ0) is 15.9. The number of nitrogens with zero attached hydrogens (tertiary/aromatic N) is 2. The van der Waals surface area contributed by atoms with Crippen LogP contribution in [0, 0.1) is 13.8 Å². The standard InChI is InChI=1S/C18H24N2O2/c1-12-7-8-13(2)16-15(12)14-6-4-5-9-19(3)18(22)17(14)20(16)10-11-21/h7-8,21H,4-6,9-11H2,1-3H3. The third-order valence-corrected chi connectivity index (χ3v) is 4.76. The van der Waals surface area contributed by atoms with E-state index in [1.807, 2.05) is 16.5 Å². The lowest BCUT2D eigenvalue weighted by Crippen LogP contribution is -2.32. The van der Waals surface area contributed by atoms with E-state index in [0.29, 0.717) is 6.54 Å². The van der Waals surface area contributed by atoms with Crippen molar-refractivity contribution in [1.29, 1.82) is 0 Å². The summed E-state index contributed by atoms with van der Waals surface area (Å²) in [4.78, 5) is 14.7. The normalized spacial score (nSPS) is 15.8. The second-order valence-electron chi connectivity index (χ2n) is 6.31. The van der Waals surface area contributed by atoms with Crippen LogP contribution < -0.4 is 0 Å². The van der Waals surface area contributed by atoms with Crippen LogP contribution in [0.15, 0.2) is 12.1 Å². The van der Waals surface area contributed by atoms with E-state index in [4.69, 9.17) is 0 Å². The first-order chi connectivity index (χ1) is 10.6. The van der Waals surface area contributed by atoms with Gasteiger partial charge in [0.05, 0.1) is 12.1 Å². The lowest BCUT2D eigenvalue weighted by molar-refractivity contribution is 0.0776.